The Hall–Kier alpha value is -0.590. The molecule has 0 aromatic heterocycles. The maximum absolute atomic E-state index is 8.11. The molecule has 0 saturated carbocycles. The van der Waals surface area contributed by atoms with Crippen LogP contribution in [0.2, 0.25) is 0 Å². The van der Waals surface area contributed by atoms with Gasteiger partial charge >= 0.3 is 0 Å². The smallest absolute Gasteiger partial charge is 0.0645 e. The number of rotatable bonds is 6. The molecule has 0 spiro atoms. The molecule has 0 radical (unpaired) electrons. The predicted octanol–water partition coefficient (Wildman–Crippen LogP) is 0.953. The third kappa shape index (κ3) is 7.41. The molecule has 0 fully saturated rings. The number of ether oxygens (including phenoxy) is 2. The fourth-order valence-corrected chi connectivity index (χ4v) is 0.525. The Morgan fingerprint density at radius 1 is 1.30 bits per heavy atom. The van der Waals surface area contributed by atoms with Gasteiger partial charge in [-0.15, -0.1) is 0 Å². The summed E-state index contributed by atoms with van der Waals surface area (Å²) in [6.45, 7) is 1.96. The molecule has 0 saturated heterocycles. The van der Waals surface area contributed by atoms with Crippen LogP contribution in [0.3, 0.4) is 0 Å². The monoisotopic (exact) mass is 143 g/mol. The van der Waals surface area contributed by atoms with Crippen LogP contribution in [0.15, 0.2) is 0 Å². The largest absolute Gasteiger partial charge is 0.385 e. The molecule has 0 heterocycles. The molecule has 0 unspecified atom stereocenters. The van der Waals surface area contributed by atoms with Crippen LogP contribution in [-0.4, -0.2) is 26.9 Å². The van der Waals surface area contributed by atoms with Crippen LogP contribution < -0.4 is 0 Å². The van der Waals surface area contributed by atoms with Crippen LogP contribution in [0.5, 0.6) is 0 Å². The standard InChI is InChI=1S/C7H13NO2/c1-9-5-3-7-10-6-2-4-8/h2-3,5-7H2,1H3. The molecular weight excluding hydrogens is 130 g/mol. The average Bonchev–Trinajstić information content (AvgIpc) is 1.97. The van der Waals surface area contributed by atoms with Crippen molar-refractivity contribution in [2.24, 2.45) is 0 Å². The number of nitrogens with zero attached hydrogens (tertiary/aromatic N) is 1. The summed E-state index contributed by atoms with van der Waals surface area (Å²) in [5.74, 6) is 0. The van der Waals surface area contributed by atoms with E-state index >= 15 is 0 Å². The third-order valence-corrected chi connectivity index (χ3v) is 0.995. The summed E-state index contributed by atoms with van der Waals surface area (Å²) >= 11 is 0. The third-order valence-electron chi connectivity index (χ3n) is 0.995. The first-order valence-corrected chi connectivity index (χ1v) is 3.35. The normalized spacial score (nSPS) is 9.20. The zero-order chi connectivity index (χ0) is 7.66. The zero-order valence-corrected chi connectivity index (χ0v) is 6.30. The summed E-state index contributed by atoms with van der Waals surface area (Å²) in [7, 11) is 1.66. The van der Waals surface area contributed by atoms with Crippen molar-refractivity contribution in [1.82, 2.24) is 0 Å². The van der Waals surface area contributed by atoms with Gasteiger partial charge in [-0.3, -0.25) is 0 Å². The van der Waals surface area contributed by atoms with Gasteiger partial charge in [0.1, 0.15) is 0 Å². The van der Waals surface area contributed by atoms with Crippen LogP contribution in [-0.2, 0) is 9.47 Å². The summed E-state index contributed by atoms with van der Waals surface area (Å²) in [5.41, 5.74) is 0. The van der Waals surface area contributed by atoms with Gasteiger partial charge in [-0.2, -0.15) is 5.26 Å². The maximum Gasteiger partial charge on any atom is 0.0645 e. The van der Waals surface area contributed by atoms with E-state index in [1.165, 1.54) is 0 Å². The molecular formula is C7H13NO2. The van der Waals surface area contributed by atoms with Crippen LogP contribution in [0.1, 0.15) is 12.8 Å². The van der Waals surface area contributed by atoms with Crippen LogP contribution in [0.25, 0.3) is 0 Å². The summed E-state index contributed by atoms with van der Waals surface area (Å²) < 4.78 is 9.88. The topological polar surface area (TPSA) is 42.2 Å². The molecule has 0 aliphatic heterocycles. The van der Waals surface area contributed by atoms with Gasteiger partial charge < -0.3 is 9.47 Å². The highest BCUT2D eigenvalue weighted by atomic mass is 16.5. The minimum Gasteiger partial charge on any atom is -0.385 e. The van der Waals surface area contributed by atoms with Gasteiger partial charge in [0.15, 0.2) is 0 Å². The van der Waals surface area contributed by atoms with E-state index < -0.39 is 0 Å². The first kappa shape index (κ1) is 9.41. The van der Waals surface area contributed by atoms with Gasteiger partial charge in [-0.25, -0.2) is 0 Å². The highest BCUT2D eigenvalue weighted by Gasteiger charge is 1.86. The molecule has 0 amide bonds. The van der Waals surface area contributed by atoms with Crippen molar-refractivity contribution in [2.75, 3.05) is 26.9 Å². The second kappa shape index (κ2) is 8.41. The first-order valence-electron chi connectivity index (χ1n) is 3.35. The number of hydrogen-bond acceptors (Lipinski definition) is 3. The molecule has 3 heteroatoms. The lowest BCUT2D eigenvalue weighted by molar-refractivity contribution is 0.106. The highest BCUT2D eigenvalue weighted by molar-refractivity contribution is 4.66. The maximum atomic E-state index is 8.11. The van der Waals surface area contributed by atoms with Crippen LogP contribution in [0.4, 0.5) is 0 Å². The van der Waals surface area contributed by atoms with Gasteiger partial charge in [-0.1, -0.05) is 0 Å². The Morgan fingerprint density at radius 3 is 2.70 bits per heavy atom. The van der Waals surface area contributed by atoms with Crippen molar-refractivity contribution in [1.29, 1.82) is 5.26 Å². The molecule has 3 nitrogen and oxygen atoms in total. The summed E-state index contributed by atoms with van der Waals surface area (Å²) in [4.78, 5) is 0. The molecule has 0 aromatic rings. The lowest BCUT2D eigenvalue weighted by Gasteiger charge is -1.99. The van der Waals surface area contributed by atoms with Crippen molar-refractivity contribution >= 4 is 0 Å². The predicted molar refractivity (Wildman–Crippen MR) is 37.5 cm³/mol. The average molecular weight is 143 g/mol. The molecule has 0 rings (SSSR count). The first-order chi connectivity index (χ1) is 4.91. The summed E-state index contributed by atoms with van der Waals surface area (Å²) in [6.07, 6.45) is 1.38. The molecule has 58 valence electrons. The van der Waals surface area contributed by atoms with Gasteiger partial charge in [-0.05, 0) is 6.42 Å². The molecule has 10 heavy (non-hydrogen) atoms. The lowest BCUT2D eigenvalue weighted by atomic mass is 10.5. The van der Waals surface area contributed by atoms with E-state index in [2.05, 4.69) is 0 Å². The van der Waals surface area contributed by atoms with E-state index in [4.69, 9.17) is 14.7 Å². The molecule has 0 aliphatic carbocycles. The van der Waals surface area contributed by atoms with Crippen molar-refractivity contribution in [3.8, 4) is 6.07 Å². The minimum absolute atomic E-state index is 0.479. The Kier molecular flexibility index (Phi) is 7.91. The van der Waals surface area contributed by atoms with E-state index in [1.54, 1.807) is 7.11 Å². The fourth-order valence-electron chi connectivity index (χ4n) is 0.525. The van der Waals surface area contributed by atoms with E-state index in [9.17, 15) is 0 Å². The van der Waals surface area contributed by atoms with Crippen molar-refractivity contribution < 1.29 is 9.47 Å². The van der Waals surface area contributed by atoms with E-state index in [1.807, 2.05) is 6.07 Å². The Labute approximate surface area is 61.5 Å². The Morgan fingerprint density at radius 2 is 2.10 bits per heavy atom. The van der Waals surface area contributed by atoms with Crippen molar-refractivity contribution in [3.05, 3.63) is 0 Å². The second-order valence-corrected chi connectivity index (χ2v) is 1.87. The highest BCUT2D eigenvalue weighted by Crippen LogP contribution is 1.84. The van der Waals surface area contributed by atoms with Gasteiger partial charge in [0.2, 0.25) is 0 Å². The number of nitriles is 1. The summed E-state index contributed by atoms with van der Waals surface area (Å²) in [5, 5.41) is 8.11. The number of methoxy groups -OCH3 is 1. The number of hydrogen-bond donors (Lipinski definition) is 0. The Balaban J connectivity index is 2.72. The van der Waals surface area contributed by atoms with Crippen LogP contribution in [0, 0.1) is 11.3 Å². The van der Waals surface area contributed by atoms with E-state index in [-0.39, 0.29) is 0 Å². The van der Waals surface area contributed by atoms with Gasteiger partial charge in [0.05, 0.1) is 19.1 Å². The molecule has 0 aromatic carbocycles. The van der Waals surface area contributed by atoms with Crippen LogP contribution >= 0.6 is 0 Å². The second-order valence-electron chi connectivity index (χ2n) is 1.87. The van der Waals surface area contributed by atoms with Gasteiger partial charge in [0.25, 0.3) is 0 Å². The minimum atomic E-state index is 0.479. The fraction of sp³-hybridized carbons (Fsp3) is 0.857. The molecule has 0 bridgehead atoms. The molecule has 0 aliphatic rings. The van der Waals surface area contributed by atoms with Crippen molar-refractivity contribution in [2.45, 2.75) is 12.8 Å². The molecule has 0 N–H and O–H groups in total. The SMILES string of the molecule is COCCCOCCC#N. The van der Waals surface area contributed by atoms with E-state index in [0.29, 0.717) is 19.6 Å². The lowest BCUT2D eigenvalue weighted by Crippen LogP contribution is -1.99. The van der Waals surface area contributed by atoms with Gasteiger partial charge in [0, 0.05) is 20.3 Å². The Bertz CT molecular complexity index is 98.3. The van der Waals surface area contributed by atoms with E-state index in [0.717, 1.165) is 13.0 Å². The quantitative estimate of drug-likeness (QED) is 0.520. The summed E-state index contributed by atoms with van der Waals surface area (Å²) in [6, 6.07) is 2.00. The van der Waals surface area contributed by atoms with Crippen molar-refractivity contribution in [3.63, 3.8) is 0 Å². The zero-order valence-electron chi connectivity index (χ0n) is 6.30. The molecule has 0 atom stereocenters.